The number of carbonyl (C=O) groups excluding carboxylic acids is 1. The number of hydrogen-bond donors (Lipinski definition) is 0. The highest BCUT2D eigenvalue weighted by Gasteiger charge is 2.31. The summed E-state index contributed by atoms with van der Waals surface area (Å²) in [4.78, 5) is 13.3. The minimum absolute atomic E-state index is 0.0509. The number of nitrogens with zero attached hydrogens (tertiary/aromatic N) is 1. The van der Waals surface area contributed by atoms with E-state index in [2.05, 4.69) is 0 Å². The van der Waals surface area contributed by atoms with E-state index in [1.54, 1.807) is 36.4 Å². The fraction of sp³-hybridized carbons (Fsp3) is 0.240. The Hall–Kier alpha value is -3.12. The lowest BCUT2D eigenvalue weighted by atomic mass is 10.1. The van der Waals surface area contributed by atoms with Crippen molar-refractivity contribution in [3.05, 3.63) is 88.5 Å². The third-order valence-electron chi connectivity index (χ3n) is 5.27. The van der Waals surface area contributed by atoms with E-state index < -0.39 is 22.5 Å². The van der Waals surface area contributed by atoms with E-state index >= 15 is 0 Å². The topological polar surface area (TPSA) is 63.7 Å². The summed E-state index contributed by atoms with van der Waals surface area (Å²) in [6.45, 7) is 9.15. The number of hydrogen-bond acceptors (Lipinski definition) is 4. The van der Waals surface area contributed by atoms with Gasteiger partial charge in [-0.05, 0) is 75.6 Å². The summed E-state index contributed by atoms with van der Waals surface area (Å²) in [5.74, 6) is -0.0605. The lowest BCUT2D eigenvalue weighted by Crippen LogP contribution is -2.40. The maximum Gasteiger partial charge on any atom is 0.278 e. The van der Waals surface area contributed by atoms with Crippen LogP contribution in [-0.2, 0) is 14.8 Å². The van der Waals surface area contributed by atoms with E-state index in [1.807, 2.05) is 46.8 Å². The summed E-state index contributed by atoms with van der Waals surface area (Å²) >= 11 is 0. The highest BCUT2D eigenvalue weighted by Crippen LogP contribution is 2.28. The van der Waals surface area contributed by atoms with Crippen molar-refractivity contribution in [3.8, 4) is 5.75 Å². The zero-order chi connectivity index (χ0) is 22.8. The Balaban J connectivity index is 1.99. The van der Waals surface area contributed by atoms with Crippen LogP contribution in [0.5, 0.6) is 5.75 Å². The predicted octanol–water partition coefficient (Wildman–Crippen LogP) is 5.03. The molecule has 0 heterocycles. The van der Waals surface area contributed by atoms with Gasteiger partial charge in [0.1, 0.15) is 5.75 Å². The first-order valence-corrected chi connectivity index (χ1v) is 11.5. The summed E-state index contributed by atoms with van der Waals surface area (Å²) in [5.41, 5.74) is 5.02. The van der Waals surface area contributed by atoms with E-state index in [0.717, 1.165) is 32.1 Å². The molecule has 6 heteroatoms. The third-order valence-corrected chi connectivity index (χ3v) is 7.03. The lowest BCUT2D eigenvalue weighted by molar-refractivity contribution is -0.119. The van der Waals surface area contributed by atoms with Gasteiger partial charge < -0.3 is 4.74 Å². The molecule has 5 nitrogen and oxygen atoms in total. The molecule has 0 saturated carbocycles. The molecule has 0 unspecified atom stereocenters. The molecule has 0 bridgehead atoms. The molecule has 0 N–H and O–H groups in total. The standard InChI is InChI=1S/C25H27NO4S/c1-17-6-12-22(13-7-17)26(31(28,29)23-14-8-18(2)9-15-23)24(27)16-30-25-20(4)11-10-19(3)21(25)5/h6-15H,16H2,1-5H3. The highest BCUT2D eigenvalue weighted by molar-refractivity contribution is 7.93. The van der Waals surface area contributed by atoms with E-state index in [0.29, 0.717) is 5.75 Å². The molecule has 31 heavy (non-hydrogen) atoms. The Kier molecular flexibility index (Phi) is 6.51. The van der Waals surface area contributed by atoms with Crippen molar-refractivity contribution in [1.82, 2.24) is 0 Å². The van der Waals surface area contributed by atoms with Crippen molar-refractivity contribution in [1.29, 1.82) is 0 Å². The molecule has 0 saturated heterocycles. The summed E-state index contributed by atoms with van der Waals surface area (Å²) in [6.07, 6.45) is 0. The van der Waals surface area contributed by atoms with Gasteiger partial charge in [-0.25, -0.2) is 8.42 Å². The molecule has 0 fully saturated rings. The first-order chi connectivity index (χ1) is 14.6. The molecular formula is C25H27NO4S. The van der Waals surface area contributed by atoms with Gasteiger partial charge in [-0.3, -0.25) is 4.79 Å². The van der Waals surface area contributed by atoms with Crippen molar-refractivity contribution in [3.63, 3.8) is 0 Å². The van der Waals surface area contributed by atoms with Crippen molar-refractivity contribution in [2.24, 2.45) is 0 Å². The van der Waals surface area contributed by atoms with E-state index in [9.17, 15) is 13.2 Å². The Bertz CT molecular complexity index is 1200. The van der Waals surface area contributed by atoms with Crippen LogP contribution in [-0.4, -0.2) is 20.9 Å². The average Bonchev–Trinajstić information content (AvgIpc) is 2.72. The maximum absolute atomic E-state index is 13.4. The summed E-state index contributed by atoms with van der Waals surface area (Å²) < 4.78 is 33.5. The van der Waals surface area contributed by atoms with Crippen LogP contribution < -0.4 is 9.04 Å². The molecule has 0 aliphatic rings. The van der Waals surface area contributed by atoms with Crippen LogP contribution in [0.2, 0.25) is 0 Å². The van der Waals surface area contributed by atoms with Gasteiger partial charge in [0.2, 0.25) is 0 Å². The van der Waals surface area contributed by atoms with Crippen LogP contribution in [0.25, 0.3) is 0 Å². The Morgan fingerprint density at radius 2 is 1.29 bits per heavy atom. The number of ether oxygens (including phenoxy) is 1. The van der Waals surface area contributed by atoms with Gasteiger partial charge in [0.15, 0.2) is 6.61 Å². The SMILES string of the molecule is Cc1ccc(N(C(=O)COc2c(C)ccc(C)c2C)S(=O)(=O)c2ccc(C)cc2)cc1. The zero-order valence-electron chi connectivity index (χ0n) is 18.5. The molecule has 0 atom stereocenters. The normalized spacial score (nSPS) is 11.3. The molecule has 3 rings (SSSR count). The average molecular weight is 438 g/mol. The highest BCUT2D eigenvalue weighted by atomic mass is 32.2. The first kappa shape index (κ1) is 22.6. The first-order valence-electron chi connectivity index (χ1n) is 10.0. The maximum atomic E-state index is 13.4. The monoisotopic (exact) mass is 437 g/mol. The zero-order valence-corrected chi connectivity index (χ0v) is 19.3. The Morgan fingerprint density at radius 1 is 0.774 bits per heavy atom. The lowest BCUT2D eigenvalue weighted by Gasteiger charge is -2.23. The molecule has 0 aliphatic carbocycles. The summed E-state index contributed by atoms with van der Waals surface area (Å²) in [5, 5.41) is 0. The summed E-state index contributed by atoms with van der Waals surface area (Å²) in [6, 6.07) is 17.1. The van der Waals surface area contributed by atoms with Gasteiger partial charge in [-0.2, -0.15) is 4.31 Å². The van der Waals surface area contributed by atoms with Crippen molar-refractivity contribution >= 4 is 21.6 Å². The number of rotatable bonds is 6. The molecule has 0 spiro atoms. The molecule has 1 amide bonds. The molecule has 162 valence electrons. The van der Waals surface area contributed by atoms with Crippen LogP contribution in [0.1, 0.15) is 27.8 Å². The van der Waals surface area contributed by atoms with Crippen LogP contribution in [0.15, 0.2) is 65.6 Å². The molecule has 0 aromatic heterocycles. The van der Waals surface area contributed by atoms with Gasteiger partial charge in [-0.1, -0.05) is 47.5 Å². The Morgan fingerprint density at radius 3 is 1.87 bits per heavy atom. The third kappa shape index (κ3) is 4.80. The van der Waals surface area contributed by atoms with Crippen molar-refractivity contribution in [2.45, 2.75) is 39.5 Å². The predicted molar refractivity (Wildman–Crippen MR) is 123 cm³/mol. The van der Waals surface area contributed by atoms with Crippen molar-refractivity contribution in [2.75, 3.05) is 10.9 Å². The number of anilines is 1. The van der Waals surface area contributed by atoms with E-state index in [4.69, 9.17) is 4.74 Å². The minimum atomic E-state index is -4.11. The van der Waals surface area contributed by atoms with Gasteiger partial charge in [0, 0.05) is 0 Å². The fourth-order valence-corrected chi connectivity index (χ4v) is 4.66. The largest absolute Gasteiger partial charge is 0.483 e. The van der Waals surface area contributed by atoms with E-state index in [-0.39, 0.29) is 10.6 Å². The quantitative estimate of drug-likeness (QED) is 0.543. The van der Waals surface area contributed by atoms with Crippen LogP contribution in [0.4, 0.5) is 5.69 Å². The van der Waals surface area contributed by atoms with Crippen LogP contribution >= 0.6 is 0 Å². The molecule has 0 aliphatic heterocycles. The second-order valence-corrected chi connectivity index (χ2v) is 9.54. The van der Waals surface area contributed by atoms with Gasteiger partial charge in [0.25, 0.3) is 15.9 Å². The minimum Gasteiger partial charge on any atom is -0.483 e. The number of carbonyl (C=O) groups is 1. The number of benzene rings is 3. The second-order valence-electron chi connectivity index (χ2n) is 7.75. The van der Waals surface area contributed by atoms with Gasteiger partial charge >= 0.3 is 0 Å². The number of aryl methyl sites for hydroxylation is 4. The molecular weight excluding hydrogens is 410 g/mol. The molecule has 3 aromatic rings. The van der Waals surface area contributed by atoms with Crippen LogP contribution in [0, 0.1) is 34.6 Å². The number of amides is 1. The molecule has 0 radical (unpaired) electrons. The van der Waals surface area contributed by atoms with Crippen LogP contribution in [0.3, 0.4) is 0 Å². The second kappa shape index (κ2) is 8.94. The molecule has 3 aromatic carbocycles. The Labute approximate surface area is 184 Å². The van der Waals surface area contributed by atoms with E-state index in [1.165, 1.54) is 12.1 Å². The fourth-order valence-electron chi connectivity index (χ4n) is 3.25. The smallest absolute Gasteiger partial charge is 0.278 e. The van der Waals surface area contributed by atoms with Gasteiger partial charge in [0.05, 0.1) is 10.6 Å². The van der Waals surface area contributed by atoms with Crippen molar-refractivity contribution < 1.29 is 17.9 Å². The van der Waals surface area contributed by atoms with Gasteiger partial charge in [-0.15, -0.1) is 0 Å². The number of sulfonamides is 1. The summed E-state index contributed by atoms with van der Waals surface area (Å²) in [7, 11) is -4.11.